The van der Waals surface area contributed by atoms with E-state index in [1.807, 2.05) is 49.4 Å². The van der Waals surface area contributed by atoms with Gasteiger partial charge in [-0.05, 0) is 24.6 Å². The number of halogens is 2. The van der Waals surface area contributed by atoms with Gasteiger partial charge >= 0.3 is 0 Å². The Morgan fingerprint density at radius 2 is 1.81 bits per heavy atom. The van der Waals surface area contributed by atoms with E-state index in [0.717, 1.165) is 26.7 Å². The Kier molecular flexibility index (Phi) is 3.74. The molecule has 1 heterocycles. The first-order valence-electron chi connectivity index (χ1n) is 6.35. The molecular weight excluding hydrogens is 352 g/mol. The van der Waals surface area contributed by atoms with Gasteiger partial charge in [-0.1, -0.05) is 63.0 Å². The fourth-order valence-corrected chi connectivity index (χ4v) is 2.87. The van der Waals surface area contributed by atoms with Crippen molar-refractivity contribution in [1.82, 2.24) is 5.16 Å². The van der Waals surface area contributed by atoms with E-state index >= 15 is 0 Å². The molecule has 3 aromatic rings. The molecule has 106 valence electrons. The highest BCUT2D eigenvalue weighted by Crippen LogP contribution is 2.41. The summed E-state index contributed by atoms with van der Waals surface area (Å²) in [5, 5.41) is 4.74. The lowest BCUT2D eigenvalue weighted by Crippen LogP contribution is -1.90. The molecule has 5 heteroatoms. The Bertz CT molecular complexity index is 814. The Hall–Kier alpha value is -1.78. The van der Waals surface area contributed by atoms with Gasteiger partial charge in [0.05, 0.1) is 5.56 Å². The van der Waals surface area contributed by atoms with Crippen molar-refractivity contribution in [1.29, 1.82) is 0 Å². The smallest absolute Gasteiger partial charge is 0.230 e. The molecule has 1 aromatic heterocycles. The maximum atomic E-state index is 6.28. The topological polar surface area (TPSA) is 52.0 Å². The first-order valence-corrected chi connectivity index (χ1v) is 7.52. The van der Waals surface area contributed by atoms with Crippen molar-refractivity contribution in [3.8, 4) is 22.4 Å². The van der Waals surface area contributed by atoms with E-state index in [1.54, 1.807) is 0 Å². The van der Waals surface area contributed by atoms with Crippen molar-refractivity contribution in [2.75, 3.05) is 5.73 Å². The zero-order chi connectivity index (χ0) is 15.0. The Balaban J connectivity index is 2.28. The van der Waals surface area contributed by atoms with Gasteiger partial charge in [0, 0.05) is 20.6 Å². The summed E-state index contributed by atoms with van der Waals surface area (Å²) in [4.78, 5) is 0. The molecule has 0 radical (unpaired) electrons. The van der Waals surface area contributed by atoms with Crippen LogP contribution in [0.15, 0.2) is 51.5 Å². The fraction of sp³-hybridized carbons (Fsp3) is 0.0625. The highest BCUT2D eigenvalue weighted by atomic mass is 79.9. The molecule has 2 aromatic carbocycles. The van der Waals surface area contributed by atoms with E-state index in [4.69, 9.17) is 21.9 Å². The van der Waals surface area contributed by atoms with Crippen LogP contribution in [0.25, 0.3) is 22.4 Å². The molecule has 0 saturated carbocycles. The average Bonchev–Trinajstić information content (AvgIpc) is 2.84. The van der Waals surface area contributed by atoms with Gasteiger partial charge in [0.25, 0.3) is 0 Å². The van der Waals surface area contributed by atoms with Gasteiger partial charge in [-0.15, -0.1) is 0 Å². The summed E-state index contributed by atoms with van der Waals surface area (Å²) in [6.07, 6.45) is 0. The van der Waals surface area contributed by atoms with Gasteiger partial charge in [0.1, 0.15) is 5.69 Å². The predicted molar refractivity (Wildman–Crippen MR) is 89.2 cm³/mol. The van der Waals surface area contributed by atoms with Crippen LogP contribution in [0.4, 0.5) is 5.88 Å². The molecule has 0 aliphatic rings. The number of hydrogen-bond acceptors (Lipinski definition) is 3. The van der Waals surface area contributed by atoms with Crippen molar-refractivity contribution < 1.29 is 4.52 Å². The summed E-state index contributed by atoms with van der Waals surface area (Å²) in [5.41, 5.74) is 10.2. The molecule has 0 aliphatic heterocycles. The van der Waals surface area contributed by atoms with Crippen LogP contribution in [0.3, 0.4) is 0 Å². The number of nitrogens with zero attached hydrogens (tertiary/aromatic N) is 1. The molecule has 0 spiro atoms. The standard InChI is InChI=1S/C16H12BrClN2O/c1-9-10(6-4-7-12(9)17)15-14(16(19)21-20-15)11-5-2-3-8-13(11)18/h2-8H,19H2,1H3. The van der Waals surface area contributed by atoms with Crippen LogP contribution in [0, 0.1) is 6.92 Å². The van der Waals surface area contributed by atoms with Crippen molar-refractivity contribution in [2.24, 2.45) is 0 Å². The monoisotopic (exact) mass is 362 g/mol. The van der Waals surface area contributed by atoms with Crippen LogP contribution in [0.5, 0.6) is 0 Å². The van der Waals surface area contributed by atoms with Gasteiger partial charge < -0.3 is 10.3 Å². The number of anilines is 1. The van der Waals surface area contributed by atoms with Crippen molar-refractivity contribution in [3.63, 3.8) is 0 Å². The molecule has 0 saturated heterocycles. The molecule has 0 atom stereocenters. The first-order chi connectivity index (χ1) is 10.1. The van der Waals surface area contributed by atoms with Crippen LogP contribution in [0.1, 0.15) is 5.56 Å². The van der Waals surface area contributed by atoms with Crippen LogP contribution in [0.2, 0.25) is 5.02 Å². The van der Waals surface area contributed by atoms with E-state index in [9.17, 15) is 0 Å². The number of benzene rings is 2. The zero-order valence-corrected chi connectivity index (χ0v) is 13.6. The zero-order valence-electron chi connectivity index (χ0n) is 11.2. The summed E-state index contributed by atoms with van der Waals surface area (Å²) in [6, 6.07) is 13.4. The third kappa shape index (κ3) is 2.45. The predicted octanol–water partition coefficient (Wildman–Crippen LogP) is 5.32. The number of nitrogens with two attached hydrogens (primary N) is 1. The summed E-state index contributed by atoms with van der Waals surface area (Å²) in [6.45, 7) is 2.01. The number of aromatic nitrogens is 1. The maximum absolute atomic E-state index is 6.28. The molecule has 0 fully saturated rings. The minimum absolute atomic E-state index is 0.262. The Morgan fingerprint density at radius 1 is 1.10 bits per heavy atom. The lowest BCUT2D eigenvalue weighted by molar-refractivity contribution is 0.439. The highest BCUT2D eigenvalue weighted by molar-refractivity contribution is 9.10. The molecule has 0 bridgehead atoms. The average molecular weight is 364 g/mol. The minimum Gasteiger partial charge on any atom is -0.367 e. The van der Waals surface area contributed by atoms with Crippen LogP contribution < -0.4 is 5.73 Å². The van der Waals surface area contributed by atoms with Gasteiger partial charge in [-0.3, -0.25) is 0 Å². The molecule has 3 rings (SSSR count). The lowest BCUT2D eigenvalue weighted by atomic mass is 9.98. The second kappa shape index (κ2) is 5.54. The van der Waals surface area contributed by atoms with Crippen LogP contribution in [-0.4, -0.2) is 5.16 Å². The van der Waals surface area contributed by atoms with E-state index < -0.39 is 0 Å². The number of hydrogen-bond donors (Lipinski definition) is 1. The molecule has 0 unspecified atom stereocenters. The Labute approximate surface area is 135 Å². The normalized spacial score (nSPS) is 10.8. The van der Waals surface area contributed by atoms with Crippen molar-refractivity contribution in [2.45, 2.75) is 6.92 Å². The van der Waals surface area contributed by atoms with E-state index in [2.05, 4.69) is 21.1 Å². The van der Waals surface area contributed by atoms with E-state index in [0.29, 0.717) is 10.7 Å². The molecule has 21 heavy (non-hydrogen) atoms. The second-order valence-corrected chi connectivity index (χ2v) is 5.92. The summed E-state index contributed by atoms with van der Waals surface area (Å²) in [7, 11) is 0. The van der Waals surface area contributed by atoms with Crippen LogP contribution >= 0.6 is 27.5 Å². The fourth-order valence-electron chi connectivity index (χ4n) is 2.27. The highest BCUT2D eigenvalue weighted by Gasteiger charge is 2.20. The quantitative estimate of drug-likeness (QED) is 0.671. The maximum Gasteiger partial charge on any atom is 0.230 e. The van der Waals surface area contributed by atoms with Crippen molar-refractivity contribution in [3.05, 3.63) is 57.5 Å². The van der Waals surface area contributed by atoms with Crippen LogP contribution in [-0.2, 0) is 0 Å². The summed E-state index contributed by atoms with van der Waals surface area (Å²) < 4.78 is 6.21. The molecular formula is C16H12BrClN2O. The number of rotatable bonds is 2. The molecule has 0 aliphatic carbocycles. The van der Waals surface area contributed by atoms with E-state index in [1.165, 1.54) is 0 Å². The third-order valence-corrected chi connectivity index (χ3v) is 4.57. The Morgan fingerprint density at radius 3 is 2.57 bits per heavy atom. The largest absolute Gasteiger partial charge is 0.367 e. The minimum atomic E-state index is 0.262. The van der Waals surface area contributed by atoms with Crippen molar-refractivity contribution >= 4 is 33.4 Å². The summed E-state index contributed by atoms with van der Waals surface area (Å²) in [5.74, 6) is 0.262. The lowest BCUT2D eigenvalue weighted by Gasteiger charge is -2.08. The van der Waals surface area contributed by atoms with Gasteiger partial charge in [0.15, 0.2) is 0 Å². The molecule has 2 N–H and O–H groups in total. The first kappa shape index (κ1) is 14.2. The third-order valence-electron chi connectivity index (χ3n) is 3.38. The summed E-state index contributed by atoms with van der Waals surface area (Å²) >= 11 is 9.81. The van der Waals surface area contributed by atoms with E-state index in [-0.39, 0.29) is 5.88 Å². The number of nitrogen functional groups attached to an aromatic ring is 1. The van der Waals surface area contributed by atoms with Gasteiger partial charge in [-0.2, -0.15) is 0 Å². The molecule has 3 nitrogen and oxygen atoms in total. The van der Waals surface area contributed by atoms with Gasteiger partial charge in [0.2, 0.25) is 5.88 Å². The SMILES string of the molecule is Cc1c(Br)cccc1-c1noc(N)c1-c1ccccc1Cl. The molecule has 0 amide bonds. The van der Waals surface area contributed by atoms with Gasteiger partial charge in [-0.25, -0.2) is 0 Å². The second-order valence-electron chi connectivity index (χ2n) is 4.66.